The van der Waals surface area contributed by atoms with E-state index in [1.807, 2.05) is 48.7 Å². The van der Waals surface area contributed by atoms with Crippen LogP contribution in [0.25, 0.3) is 11.3 Å². The van der Waals surface area contributed by atoms with E-state index in [0.717, 1.165) is 15.7 Å². The second-order valence-corrected chi connectivity index (χ2v) is 5.30. The Morgan fingerprint density at radius 3 is 2.56 bits per heavy atom. The van der Waals surface area contributed by atoms with Gasteiger partial charge in [0.1, 0.15) is 5.69 Å². The Balaban J connectivity index is 2.61. The highest BCUT2D eigenvalue weighted by atomic mass is 79.9. The number of rotatable bonds is 3. The minimum absolute atomic E-state index is 0.0973. The zero-order chi connectivity index (χ0) is 13.3. The zero-order valence-electron chi connectivity index (χ0n) is 10.2. The van der Waals surface area contributed by atoms with Gasteiger partial charge in [0.2, 0.25) is 0 Å². The molecule has 0 aliphatic rings. The van der Waals surface area contributed by atoms with E-state index in [4.69, 9.17) is 0 Å². The number of benzene rings is 1. The largest absolute Gasteiger partial charge is 0.477 e. The van der Waals surface area contributed by atoms with Crippen molar-refractivity contribution < 1.29 is 9.90 Å². The number of hydrogen-bond acceptors (Lipinski definition) is 1. The summed E-state index contributed by atoms with van der Waals surface area (Å²) in [7, 11) is 0. The molecule has 0 bridgehead atoms. The van der Waals surface area contributed by atoms with Crippen LogP contribution in [0.15, 0.2) is 40.9 Å². The van der Waals surface area contributed by atoms with Crippen molar-refractivity contribution in [2.24, 2.45) is 0 Å². The number of hydrogen-bond donors (Lipinski definition) is 1. The van der Waals surface area contributed by atoms with Crippen LogP contribution in [0.5, 0.6) is 0 Å². The molecule has 0 fully saturated rings. The lowest BCUT2D eigenvalue weighted by Crippen LogP contribution is -2.11. The minimum Gasteiger partial charge on any atom is -0.477 e. The zero-order valence-corrected chi connectivity index (χ0v) is 11.8. The first kappa shape index (κ1) is 12.9. The second-order valence-electron chi connectivity index (χ2n) is 4.38. The Kier molecular flexibility index (Phi) is 3.57. The van der Waals surface area contributed by atoms with Gasteiger partial charge in [-0.1, -0.05) is 28.1 Å². The Bertz CT molecular complexity index is 587. The molecule has 0 spiro atoms. The van der Waals surface area contributed by atoms with Gasteiger partial charge in [-0.3, -0.25) is 0 Å². The highest BCUT2D eigenvalue weighted by Gasteiger charge is 2.17. The summed E-state index contributed by atoms with van der Waals surface area (Å²) in [6, 6.07) is 11.5. The quantitative estimate of drug-likeness (QED) is 0.923. The van der Waals surface area contributed by atoms with Gasteiger partial charge in [0, 0.05) is 16.2 Å². The molecule has 1 aromatic carbocycles. The first-order valence-electron chi connectivity index (χ1n) is 5.71. The standard InChI is InChI=1S/C14H14BrNO2/c1-9(2)16-12(6-7-13(16)14(17)18)10-4-3-5-11(15)8-10/h3-9H,1-2H3,(H,17,18). The molecule has 1 N–H and O–H groups in total. The van der Waals surface area contributed by atoms with E-state index in [1.165, 1.54) is 0 Å². The summed E-state index contributed by atoms with van der Waals surface area (Å²) < 4.78 is 2.82. The summed E-state index contributed by atoms with van der Waals surface area (Å²) in [6.07, 6.45) is 0. The van der Waals surface area contributed by atoms with Crippen molar-refractivity contribution in [1.29, 1.82) is 0 Å². The van der Waals surface area contributed by atoms with Gasteiger partial charge in [0.25, 0.3) is 0 Å². The van der Waals surface area contributed by atoms with Crippen LogP contribution in [0, 0.1) is 0 Å². The lowest BCUT2D eigenvalue weighted by Gasteiger charge is -2.15. The normalized spacial score (nSPS) is 10.9. The summed E-state index contributed by atoms with van der Waals surface area (Å²) in [4.78, 5) is 11.2. The Hall–Kier alpha value is -1.55. The van der Waals surface area contributed by atoms with Crippen LogP contribution >= 0.6 is 15.9 Å². The van der Waals surface area contributed by atoms with E-state index in [9.17, 15) is 9.90 Å². The van der Waals surface area contributed by atoms with Crippen LogP contribution < -0.4 is 0 Å². The SMILES string of the molecule is CC(C)n1c(C(=O)O)ccc1-c1cccc(Br)c1. The van der Waals surface area contributed by atoms with Crippen LogP contribution in [0.3, 0.4) is 0 Å². The van der Waals surface area contributed by atoms with Crippen molar-refractivity contribution in [1.82, 2.24) is 4.57 Å². The fraction of sp³-hybridized carbons (Fsp3) is 0.214. The number of carboxylic acid groups (broad SMARTS) is 1. The van der Waals surface area contributed by atoms with Crippen LogP contribution in [-0.4, -0.2) is 15.6 Å². The molecule has 0 aliphatic carbocycles. The second kappa shape index (κ2) is 4.98. The molecule has 18 heavy (non-hydrogen) atoms. The maximum absolute atomic E-state index is 11.2. The third-order valence-corrected chi connectivity index (χ3v) is 3.27. The third kappa shape index (κ3) is 2.34. The molecule has 0 aliphatic heterocycles. The number of aromatic carboxylic acids is 1. The molecule has 3 nitrogen and oxygen atoms in total. The van der Waals surface area contributed by atoms with Gasteiger partial charge in [0.15, 0.2) is 0 Å². The van der Waals surface area contributed by atoms with Gasteiger partial charge < -0.3 is 9.67 Å². The van der Waals surface area contributed by atoms with Crippen molar-refractivity contribution >= 4 is 21.9 Å². The first-order valence-corrected chi connectivity index (χ1v) is 6.50. The first-order chi connectivity index (χ1) is 8.50. The van der Waals surface area contributed by atoms with Crippen molar-refractivity contribution in [3.05, 3.63) is 46.6 Å². The number of nitrogens with zero attached hydrogens (tertiary/aromatic N) is 1. The van der Waals surface area contributed by atoms with E-state index in [1.54, 1.807) is 6.07 Å². The summed E-state index contributed by atoms with van der Waals surface area (Å²) in [6.45, 7) is 3.96. The molecule has 0 saturated heterocycles. The average molecular weight is 308 g/mol. The van der Waals surface area contributed by atoms with Gasteiger partial charge in [0.05, 0.1) is 0 Å². The third-order valence-electron chi connectivity index (χ3n) is 2.77. The Morgan fingerprint density at radius 2 is 2.00 bits per heavy atom. The van der Waals surface area contributed by atoms with E-state index < -0.39 is 5.97 Å². The van der Waals surface area contributed by atoms with E-state index in [2.05, 4.69) is 15.9 Å². The number of carboxylic acids is 1. The smallest absolute Gasteiger partial charge is 0.352 e. The molecular weight excluding hydrogens is 294 g/mol. The molecule has 0 amide bonds. The molecule has 4 heteroatoms. The predicted molar refractivity (Wildman–Crippen MR) is 74.9 cm³/mol. The molecule has 0 radical (unpaired) electrons. The maximum atomic E-state index is 11.2. The van der Waals surface area contributed by atoms with Crippen LogP contribution in [0.4, 0.5) is 0 Å². The molecule has 94 valence electrons. The summed E-state index contributed by atoms with van der Waals surface area (Å²) >= 11 is 3.43. The van der Waals surface area contributed by atoms with Crippen molar-refractivity contribution in [2.45, 2.75) is 19.9 Å². The number of carbonyl (C=O) groups is 1. The molecule has 2 aromatic rings. The lowest BCUT2D eigenvalue weighted by atomic mass is 10.1. The van der Waals surface area contributed by atoms with E-state index in [0.29, 0.717) is 5.69 Å². The molecule has 0 unspecified atom stereocenters. The number of aromatic nitrogens is 1. The molecule has 0 saturated carbocycles. The summed E-state index contributed by atoms with van der Waals surface area (Å²) in [5.74, 6) is -0.898. The predicted octanol–water partition coefficient (Wildman–Crippen LogP) is 4.20. The number of halogens is 1. The molecule has 2 rings (SSSR count). The van der Waals surface area contributed by atoms with Crippen molar-refractivity contribution in [3.8, 4) is 11.3 Å². The molecular formula is C14H14BrNO2. The van der Waals surface area contributed by atoms with E-state index in [-0.39, 0.29) is 6.04 Å². The Labute approximate surface area is 114 Å². The molecule has 1 aromatic heterocycles. The van der Waals surface area contributed by atoms with Gasteiger partial charge in [-0.15, -0.1) is 0 Å². The molecule has 1 heterocycles. The van der Waals surface area contributed by atoms with Crippen LogP contribution in [0.2, 0.25) is 0 Å². The minimum atomic E-state index is -0.898. The lowest BCUT2D eigenvalue weighted by molar-refractivity contribution is 0.0683. The summed E-state index contributed by atoms with van der Waals surface area (Å²) in [5, 5.41) is 9.20. The van der Waals surface area contributed by atoms with Gasteiger partial charge >= 0.3 is 5.97 Å². The highest BCUT2D eigenvalue weighted by Crippen LogP contribution is 2.28. The van der Waals surface area contributed by atoms with Gasteiger partial charge in [-0.25, -0.2) is 4.79 Å². The fourth-order valence-corrected chi connectivity index (χ4v) is 2.46. The van der Waals surface area contributed by atoms with Crippen molar-refractivity contribution in [3.63, 3.8) is 0 Å². The summed E-state index contributed by atoms with van der Waals surface area (Å²) in [5.41, 5.74) is 2.24. The topological polar surface area (TPSA) is 42.2 Å². The van der Waals surface area contributed by atoms with Crippen LogP contribution in [0.1, 0.15) is 30.4 Å². The monoisotopic (exact) mass is 307 g/mol. The fourth-order valence-electron chi connectivity index (χ4n) is 2.06. The van der Waals surface area contributed by atoms with Gasteiger partial charge in [-0.05, 0) is 43.7 Å². The van der Waals surface area contributed by atoms with Gasteiger partial charge in [-0.2, -0.15) is 0 Å². The average Bonchev–Trinajstić information content (AvgIpc) is 2.73. The van der Waals surface area contributed by atoms with Crippen molar-refractivity contribution in [2.75, 3.05) is 0 Å². The van der Waals surface area contributed by atoms with E-state index >= 15 is 0 Å². The Morgan fingerprint density at radius 1 is 1.28 bits per heavy atom. The van der Waals surface area contributed by atoms with Crippen LogP contribution in [-0.2, 0) is 0 Å². The highest BCUT2D eigenvalue weighted by molar-refractivity contribution is 9.10. The maximum Gasteiger partial charge on any atom is 0.352 e. The molecule has 0 atom stereocenters.